The van der Waals surface area contributed by atoms with E-state index in [1.807, 2.05) is 32.9 Å². The standard InChI is InChI=1S/C37H40F2O7S/c1-19-12-20(2)31(21(3)13-19)28(41)18-47-33(44)37(46-32(43)29-8-7-11-45-29)22(4)14-24-25-16-27(38)26-15-23(40)9-10-34(26,5)36(25,39)30(42)17-35(24,37)6/h7-13,15,22,24-25,27,30,42H,14,16-18H2,1-6H3/t22-,24-,25-,27-,30-,34-,35-,36-,37-/m0/s1. The summed E-state index contributed by atoms with van der Waals surface area (Å²) in [4.78, 5) is 53.9. The first-order valence-electron chi connectivity index (χ1n) is 16.0. The van der Waals surface area contributed by atoms with Crippen LogP contribution in [0.3, 0.4) is 0 Å². The number of alkyl halides is 2. The van der Waals surface area contributed by atoms with E-state index in [-0.39, 0.29) is 42.1 Å². The van der Waals surface area contributed by atoms with Crippen LogP contribution >= 0.6 is 11.8 Å². The summed E-state index contributed by atoms with van der Waals surface area (Å²) in [5, 5.41) is 11.2. The fourth-order valence-corrected chi connectivity index (χ4v) is 10.8. The molecule has 0 saturated heterocycles. The first kappa shape index (κ1) is 33.5. The maximum Gasteiger partial charge on any atom is 0.375 e. The van der Waals surface area contributed by atoms with Crippen LogP contribution < -0.4 is 0 Å². The zero-order valence-corrected chi connectivity index (χ0v) is 28.2. The van der Waals surface area contributed by atoms with Crippen LogP contribution in [0.15, 0.2) is 58.7 Å². The Labute approximate surface area is 277 Å². The van der Waals surface area contributed by atoms with E-state index in [0.717, 1.165) is 34.5 Å². The predicted molar refractivity (Wildman–Crippen MR) is 172 cm³/mol. The molecule has 6 rings (SSSR count). The molecule has 4 aliphatic carbocycles. The number of ether oxygens (including phenoxy) is 1. The Morgan fingerprint density at radius 2 is 1.79 bits per heavy atom. The number of aliphatic hydroxyl groups is 1. The Kier molecular flexibility index (Phi) is 8.11. The van der Waals surface area contributed by atoms with Gasteiger partial charge >= 0.3 is 5.97 Å². The van der Waals surface area contributed by atoms with Gasteiger partial charge in [-0.05, 0) is 93.9 Å². The second-order valence-corrected chi connectivity index (χ2v) is 15.3. The normalized spacial score (nSPS) is 37.4. The Balaban J connectivity index is 1.41. The first-order chi connectivity index (χ1) is 22.0. The van der Waals surface area contributed by atoms with Crippen molar-refractivity contribution in [3.05, 3.63) is 82.3 Å². The highest BCUT2D eigenvalue weighted by atomic mass is 32.2. The largest absolute Gasteiger partial charge is 0.457 e. The number of hydrogen-bond acceptors (Lipinski definition) is 8. The van der Waals surface area contributed by atoms with E-state index in [1.165, 1.54) is 37.5 Å². The molecule has 0 bridgehead atoms. The van der Waals surface area contributed by atoms with Crippen LogP contribution in [-0.4, -0.2) is 57.1 Å². The number of thioether (sulfide) groups is 1. The van der Waals surface area contributed by atoms with Gasteiger partial charge in [0.05, 0.1) is 18.1 Å². The molecule has 9 atom stereocenters. The van der Waals surface area contributed by atoms with Crippen LogP contribution in [0.5, 0.6) is 0 Å². The molecule has 0 aliphatic heterocycles. The lowest BCUT2D eigenvalue weighted by molar-refractivity contribution is -0.221. The SMILES string of the molecule is Cc1cc(C)c(C(=O)CSC(=O)[C@@]2(OC(=O)c3ccco3)[C@@H](C)C[C@H]3[C@@H]4C[C@H](F)C5=CC(=O)C=C[C@]5(C)[C@@]4(F)[C@@H](O)C[C@@]32C)c(C)c1. The van der Waals surface area contributed by atoms with Crippen molar-refractivity contribution >= 4 is 34.4 Å². The Morgan fingerprint density at radius 3 is 2.43 bits per heavy atom. The predicted octanol–water partition coefficient (Wildman–Crippen LogP) is 6.81. The van der Waals surface area contributed by atoms with Crippen molar-refractivity contribution in [1.82, 2.24) is 0 Å². The molecule has 0 unspecified atom stereocenters. The molecule has 47 heavy (non-hydrogen) atoms. The second-order valence-electron chi connectivity index (χ2n) is 14.4. The van der Waals surface area contributed by atoms with Gasteiger partial charge in [0.2, 0.25) is 10.9 Å². The van der Waals surface area contributed by atoms with Crippen LogP contribution in [0.1, 0.15) is 77.6 Å². The summed E-state index contributed by atoms with van der Waals surface area (Å²) in [7, 11) is 0. The summed E-state index contributed by atoms with van der Waals surface area (Å²) >= 11 is 0.739. The molecule has 10 heteroatoms. The summed E-state index contributed by atoms with van der Waals surface area (Å²) in [6.07, 6.45) is 1.26. The van der Waals surface area contributed by atoms with Crippen molar-refractivity contribution in [2.24, 2.45) is 28.6 Å². The molecule has 1 heterocycles. The molecule has 1 aromatic carbocycles. The molecular weight excluding hydrogens is 626 g/mol. The highest BCUT2D eigenvalue weighted by Gasteiger charge is 2.78. The number of rotatable bonds is 6. The summed E-state index contributed by atoms with van der Waals surface area (Å²) in [5.74, 6) is -4.43. The fourth-order valence-electron chi connectivity index (χ4n) is 9.74. The highest BCUT2D eigenvalue weighted by Crippen LogP contribution is 2.72. The zero-order chi connectivity index (χ0) is 34.3. The summed E-state index contributed by atoms with van der Waals surface area (Å²) < 4.78 is 45.3. The minimum atomic E-state index is -2.36. The van der Waals surface area contributed by atoms with E-state index in [0.29, 0.717) is 5.56 Å². The molecule has 250 valence electrons. The number of benzene rings is 1. The maximum atomic E-state index is 17.8. The number of ketones is 2. The summed E-state index contributed by atoms with van der Waals surface area (Å²) in [6.45, 7) is 10.6. The fraction of sp³-hybridized carbons (Fsp3) is 0.514. The summed E-state index contributed by atoms with van der Waals surface area (Å²) in [6, 6.07) is 6.71. The van der Waals surface area contributed by atoms with Crippen molar-refractivity contribution in [3.8, 4) is 0 Å². The van der Waals surface area contributed by atoms with Gasteiger partial charge in [-0.25, -0.2) is 13.6 Å². The minimum absolute atomic E-state index is 0.000189. The van der Waals surface area contributed by atoms with Gasteiger partial charge in [0.25, 0.3) is 0 Å². The number of halogens is 2. The third kappa shape index (κ3) is 4.68. The van der Waals surface area contributed by atoms with Gasteiger partial charge < -0.3 is 14.3 Å². The number of Topliss-reactive ketones (excluding diaryl/α,β-unsaturated/α-hetero) is 1. The number of furan rings is 1. The number of esters is 1. The molecule has 1 N–H and O–H groups in total. The van der Waals surface area contributed by atoms with Crippen molar-refractivity contribution in [3.63, 3.8) is 0 Å². The van der Waals surface area contributed by atoms with Gasteiger partial charge in [-0.2, -0.15) is 0 Å². The smallest absolute Gasteiger partial charge is 0.375 e. The molecule has 3 fully saturated rings. The van der Waals surface area contributed by atoms with Crippen LogP contribution in [0.25, 0.3) is 0 Å². The van der Waals surface area contributed by atoms with Crippen molar-refractivity contribution in [2.75, 3.05) is 5.75 Å². The third-order valence-electron chi connectivity index (χ3n) is 11.7. The Morgan fingerprint density at radius 1 is 1.11 bits per heavy atom. The van der Waals surface area contributed by atoms with Crippen LogP contribution in [0.4, 0.5) is 8.78 Å². The lowest BCUT2D eigenvalue weighted by atomic mass is 9.44. The molecule has 0 amide bonds. The van der Waals surface area contributed by atoms with E-state index in [4.69, 9.17) is 9.15 Å². The number of aliphatic hydroxyl groups excluding tert-OH is 1. The molecule has 4 aliphatic rings. The zero-order valence-electron chi connectivity index (χ0n) is 27.4. The van der Waals surface area contributed by atoms with E-state index in [9.17, 15) is 24.3 Å². The number of carbonyl (C=O) groups excluding carboxylic acids is 4. The van der Waals surface area contributed by atoms with Crippen LogP contribution in [-0.2, 0) is 14.3 Å². The van der Waals surface area contributed by atoms with Gasteiger partial charge in [0.1, 0.15) is 6.17 Å². The van der Waals surface area contributed by atoms with Gasteiger partial charge in [0, 0.05) is 28.2 Å². The topological polar surface area (TPSA) is 111 Å². The quantitative estimate of drug-likeness (QED) is 0.265. The van der Waals surface area contributed by atoms with Crippen molar-refractivity contribution in [2.45, 2.75) is 84.4 Å². The number of aryl methyl sites for hydroxylation is 3. The van der Waals surface area contributed by atoms with Crippen LogP contribution in [0.2, 0.25) is 0 Å². The monoisotopic (exact) mass is 666 g/mol. The maximum absolute atomic E-state index is 17.8. The molecule has 1 aromatic heterocycles. The molecule has 0 radical (unpaired) electrons. The Bertz CT molecular complexity index is 1710. The van der Waals surface area contributed by atoms with Crippen molar-refractivity contribution < 1.29 is 42.2 Å². The Hall–Kier alpha value is -3.37. The van der Waals surface area contributed by atoms with E-state index < -0.39 is 69.0 Å². The number of hydrogen-bond donors (Lipinski definition) is 1. The van der Waals surface area contributed by atoms with Gasteiger partial charge in [-0.15, -0.1) is 0 Å². The lowest BCUT2D eigenvalue weighted by Crippen LogP contribution is -2.70. The van der Waals surface area contributed by atoms with Crippen LogP contribution in [0, 0.1) is 49.4 Å². The average Bonchev–Trinajstić information content (AvgIpc) is 3.60. The van der Waals surface area contributed by atoms with Gasteiger partial charge in [-0.3, -0.25) is 14.4 Å². The molecule has 7 nitrogen and oxygen atoms in total. The molecule has 2 aromatic rings. The summed E-state index contributed by atoms with van der Waals surface area (Å²) in [5.41, 5.74) is -4.12. The molecule has 0 spiro atoms. The lowest BCUT2D eigenvalue weighted by Gasteiger charge is -2.63. The highest BCUT2D eigenvalue weighted by molar-refractivity contribution is 8.14. The van der Waals surface area contributed by atoms with E-state index >= 15 is 8.78 Å². The third-order valence-corrected chi connectivity index (χ3v) is 12.7. The second kappa shape index (κ2) is 11.4. The number of fused-ring (bicyclic) bond motifs is 5. The number of carbonyl (C=O) groups is 4. The van der Waals surface area contributed by atoms with E-state index in [2.05, 4.69) is 0 Å². The van der Waals surface area contributed by atoms with E-state index in [1.54, 1.807) is 13.8 Å². The molecular formula is C37H40F2O7S. The first-order valence-corrected chi connectivity index (χ1v) is 17.0. The minimum Gasteiger partial charge on any atom is -0.457 e. The van der Waals surface area contributed by atoms with Gasteiger partial charge in [-0.1, -0.05) is 49.4 Å². The molecule has 3 saturated carbocycles. The average molecular weight is 667 g/mol. The number of allylic oxidation sites excluding steroid dienone is 4. The van der Waals surface area contributed by atoms with Crippen molar-refractivity contribution in [1.29, 1.82) is 0 Å². The van der Waals surface area contributed by atoms with Gasteiger partial charge in [0.15, 0.2) is 22.8 Å².